The molecule has 134 valence electrons. The number of carbonyl (C=O) groups excluding carboxylic acids is 1. The Morgan fingerprint density at radius 3 is 2.65 bits per heavy atom. The van der Waals surface area contributed by atoms with Gasteiger partial charge in [-0.2, -0.15) is 0 Å². The first-order valence-electron chi connectivity index (χ1n) is 7.30. The molecule has 1 aliphatic rings. The molecule has 1 amide bonds. The molecule has 1 aromatic heterocycles. The maximum absolute atomic E-state index is 13.0. The molecule has 0 radical (unpaired) electrons. The van der Waals surface area contributed by atoms with Crippen LogP contribution in [0.15, 0.2) is 36.4 Å². The van der Waals surface area contributed by atoms with Gasteiger partial charge < -0.3 is 19.8 Å². The summed E-state index contributed by atoms with van der Waals surface area (Å²) in [6.45, 7) is 0. The van der Waals surface area contributed by atoms with Gasteiger partial charge in [-0.1, -0.05) is 0 Å². The van der Waals surface area contributed by atoms with Gasteiger partial charge in [0, 0.05) is 17.3 Å². The Balaban J connectivity index is 1.56. The molecule has 10 heteroatoms. The summed E-state index contributed by atoms with van der Waals surface area (Å²) in [4.78, 5) is 18.5. The van der Waals surface area contributed by atoms with Crippen LogP contribution in [0.5, 0.6) is 11.5 Å². The number of fused-ring (bicyclic) bond motifs is 2. The number of ether oxygens (including phenoxy) is 2. The van der Waals surface area contributed by atoms with E-state index in [0.29, 0.717) is 5.52 Å². The predicted molar refractivity (Wildman–Crippen MR) is 81.6 cm³/mol. The Labute approximate surface area is 142 Å². The first-order valence-corrected chi connectivity index (χ1v) is 7.30. The molecular weight excluding hydrogens is 358 g/mol. The molecule has 0 spiro atoms. The number of H-pyrrole nitrogens is 1. The summed E-state index contributed by atoms with van der Waals surface area (Å²) >= 11 is 0. The van der Waals surface area contributed by atoms with Gasteiger partial charge in [0.2, 0.25) is 0 Å². The maximum atomic E-state index is 13.0. The fraction of sp³-hybridized carbons (Fsp3) is 0.125. The topological polar surface area (TPSA) is 76.2 Å². The number of amides is 1. The van der Waals surface area contributed by atoms with Crippen molar-refractivity contribution in [1.29, 1.82) is 0 Å². The second-order valence-electron chi connectivity index (χ2n) is 5.44. The lowest BCUT2D eigenvalue weighted by molar-refractivity contribution is -0.286. The predicted octanol–water partition coefficient (Wildman–Crippen LogP) is 4.07. The smallest absolute Gasteiger partial charge is 0.395 e. The van der Waals surface area contributed by atoms with Gasteiger partial charge in [0.25, 0.3) is 12.3 Å². The molecule has 4 rings (SSSR count). The second-order valence-corrected chi connectivity index (χ2v) is 5.44. The van der Waals surface area contributed by atoms with Gasteiger partial charge in [0.1, 0.15) is 0 Å². The molecule has 0 saturated carbocycles. The number of aromatic amines is 1. The molecule has 1 aliphatic heterocycles. The Morgan fingerprint density at radius 1 is 1.12 bits per heavy atom. The molecule has 0 unspecified atom stereocenters. The van der Waals surface area contributed by atoms with Crippen LogP contribution in [-0.2, 0) is 0 Å². The van der Waals surface area contributed by atoms with Crippen molar-refractivity contribution in [3.05, 3.63) is 47.8 Å². The van der Waals surface area contributed by atoms with E-state index in [2.05, 4.69) is 24.8 Å². The van der Waals surface area contributed by atoms with E-state index in [9.17, 15) is 22.4 Å². The van der Waals surface area contributed by atoms with E-state index < -0.39 is 24.5 Å². The van der Waals surface area contributed by atoms with Crippen molar-refractivity contribution in [1.82, 2.24) is 9.97 Å². The minimum Gasteiger partial charge on any atom is -0.395 e. The average molecular weight is 367 g/mol. The number of nitrogens with one attached hydrogen (secondary N) is 2. The number of nitrogens with zero attached hydrogens (tertiary/aromatic N) is 1. The SMILES string of the molecule is O=C(Nc1ccc2c(c1)OC(F)(F)O2)c1ccc2nc(C(F)F)[nH]c2c1. The molecule has 0 bridgehead atoms. The van der Waals surface area contributed by atoms with Gasteiger partial charge in [0.15, 0.2) is 17.3 Å². The third kappa shape index (κ3) is 2.89. The number of carbonyl (C=O) groups is 1. The number of rotatable bonds is 3. The summed E-state index contributed by atoms with van der Waals surface area (Å²) in [5.74, 6) is -1.41. The van der Waals surface area contributed by atoms with Crippen LogP contribution >= 0.6 is 0 Å². The molecule has 2 N–H and O–H groups in total. The third-order valence-corrected chi connectivity index (χ3v) is 3.63. The number of aromatic nitrogens is 2. The number of halogens is 4. The molecule has 0 atom stereocenters. The van der Waals surface area contributed by atoms with Crippen LogP contribution in [0.3, 0.4) is 0 Å². The summed E-state index contributed by atoms with van der Waals surface area (Å²) in [5, 5.41) is 2.51. The molecule has 2 aromatic carbocycles. The van der Waals surface area contributed by atoms with Crippen molar-refractivity contribution >= 4 is 22.6 Å². The standard InChI is InChI=1S/C16H9F4N3O3/c17-13(18)14-22-9-3-1-7(5-10(9)23-14)15(24)21-8-2-4-11-12(6-8)26-16(19,20)25-11/h1-6,13H,(H,21,24)(H,22,23). The van der Waals surface area contributed by atoms with Crippen LogP contribution in [0, 0.1) is 0 Å². The quantitative estimate of drug-likeness (QED) is 0.684. The van der Waals surface area contributed by atoms with Crippen molar-refractivity contribution in [2.24, 2.45) is 0 Å². The largest absolute Gasteiger partial charge is 0.586 e. The van der Waals surface area contributed by atoms with Crippen molar-refractivity contribution in [3.63, 3.8) is 0 Å². The summed E-state index contributed by atoms with van der Waals surface area (Å²) in [6, 6.07) is 7.99. The van der Waals surface area contributed by atoms with Crippen molar-refractivity contribution < 1.29 is 31.8 Å². The third-order valence-electron chi connectivity index (χ3n) is 3.63. The zero-order chi connectivity index (χ0) is 18.5. The van der Waals surface area contributed by atoms with E-state index in [1.165, 1.54) is 36.4 Å². The zero-order valence-electron chi connectivity index (χ0n) is 12.7. The van der Waals surface area contributed by atoms with Gasteiger partial charge >= 0.3 is 6.29 Å². The molecule has 0 saturated heterocycles. The van der Waals surface area contributed by atoms with Crippen molar-refractivity contribution in [2.75, 3.05) is 5.32 Å². The van der Waals surface area contributed by atoms with Crippen LogP contribution in [0.25, 0.3) is 11.0 Å². The lowest BCUT2D eigenvalue weighted by atomic mass is 10.2. The summed E-state index contributed by atoms with van der Waals surface area (Å²) in [6.07, 6.45) is -6.51. The van der Waals surface area contributed by atoms with Crippen LogP contribution in [0.1, 0.15) is 22.6 Å². The molecule has 0 fully saturated rings. The Bertz CT molecular complexity index is 1020. The van der Waals surface area contributed by atoms with Crippen molar-refractivity contribution in [3.8, 4) is 11.5 Å². The normalized spacial score (nSPS) is 14.8. The van der Waals surface area contributed by atoms with E-state index in [0.717, 1.165) is 0 Å². The Kier molecular flexibility index (Phi) is 3.49. The molecule has 26 heavy (non-hydrogen) atoms. The molecule has 3 aromatic rings. The zero-order valence-corrected chi connectivity index (χ0v) is 12.7. The summed E-state index contributed by atoms with van der Waals surface area (Å²) in [5.41, 5.74) is 0.943. The summed E-state index contributed by atoms with van der Waals surface area (Å²) in [7, 11) is 0. The first kappa shape index (κ1) is 16.2. The minimum atomic E-state index is -3.75. The number of benzene rings is 2. The number of anilines is 1. The fourth-order valence-electron chi connectivity index (χ4n) is 2.50. The fourth-order valence-corrected chi connectivity index (χ4v) is 2.50. The number of hydrogen-bond acceptors (Lipinski definition) is 4. The highest BCUT2D eigenvalue weighted by Gasteiger charge is 2.43. The lowest BCUT2D eigenvalue weighted by Crippen LogP contribution is -2.25. The second kappa shape index (κ2) is 5.61. The Hall–Kier alpha value is -3.30. The first-order chi connectivity index (χ1) is 12.3. The van der Waals surface area contributed by atoms with Gasteiger partial charge in [-0.15, -0.1) is 8.78 Å². The van der Waals surface area contributed by atoms with E-state index in [1.807, 2.05) is 0 Å². The molecule has 2 heterocycles. The van der Waals surface area contributed by atoms with E-state index >= 15 is 0 Å². The van der Waals surface area contributed by atoms with Crippen molar-refractivity contribution in [2.45, 2.75) is 12.7 Å². The van der Waals surface area contributed by atoms with Crippen LogP contribution in [0.2, 0.25) is 0 Å². The van der Waals surface area contributed by atoms with Gasteiger partial charge in [-0.3, -0.25) is 4.79 Å². The lowest BCUT2D eigenvalue weighted by Gasteiger charge is -2.06. The van der Waals surface area contributed by atoms with E-state index in [-0.39, 0.29) is 28.3 Å². The highest BCUT2D eigenvalue weighted by molar-refractivity contribution is 6.06. The van der Waals surface area contributed by atoms with E-state index in [1.54, 1.807) is 0 Å². The van der Waals surface area contributed by atoms with Gasteiger partial charge in [-0.05, 0) is 30.3 Å². The Morgan fingerprint density at radius 2 is 1.88 bits per heavy atom. The van der Waals surface area contributed by atoms with Crippen LogP contribution in [-0.4, -0.2) is 22.2 Å². The van der Waals surface area contributed by atoms with Gasteiger partial charge in [0.05, 0.1) is 11.0 Å². The number of imidazole rings is 1. The molecule has 6 nitrogen and oxygen atoms in total. The number of hydrogen-bond donors (Lipinski definition) is 2. The van der Waals surface area contributed by atoms with Crippen LogP contribution in [0.4, 0.5) is 23.2 Å². The van der Waals surface area contributed by atoms with Crippen LogP contribution < -0.4 is 14.8 Å². The minimum absolute atomic E-state index is 0.147. The van der Waals surface area contributed by atoms with Gasteiger partial charge in [-0.25, -0.2) is 13.8 Å². The molecule has 0 aliphatic carbocycles. The number of alkyl halides is 4. The summed E-state index contributed by atoms with van der Waals surface area (Å²) < 4.78 is 59.9. The highest BCUT2D eigenvalue weighted by Crippen LogP contribution is 2.42. The monoisotopic (exact) mass is 367 g/mol. The van der Waals surface area contributed by atoms with E-state index in [4.69, 9.17) is 0 Å². The highest BCUT2D eigenvalue weighted by atomic mass is 19.3. The average Bonchev–Trinajstić information content (AvgIpc) is 3.12. The maximum Gasteiger partial charge on any atom is 0.586 e. The molecular formula is C16H9F4N3O3.